The van der Waals surface area contributed by atoms with E-state index in [2.05, 4.69) is 22.6 Å². The molecule has 0 saturated carbocycles. The van der Waals surface area contributed by atoms with Crippen LogP contribution >= 0.6 is 0 Å². The van der Waals surface area contributed by atoms with Gasteiger partial charge in [0.2, 0.25) is 0 Å². The van der Waals surface area contributed by atoms with E-state index in [-0.39, 0.29) is 6.10 Å². The van der Waals surface area contributed by atoms with E-state index in [1.807, 2.05) is 12.1 Å². The summed E-state index contributed by atoms with van der Waals surface area (Å²) in [5, 5.41) is 7.00. The lowest BCUT2D eigenvalue weighted by Gasteiger charge is -2.10. The maximum atomic E-state index is 5.82. The van der Waals surface area contributed by atoms with Gasteiger partial charge in [-0.25, -0.2) is 0 Å². The van der Waals surface area contributed by atoms with Crippen molar-refractivity contribution in [3.05, 3.63) is 47.9 Å². The Kier molecular flexibility index (Phi) is 2.80. The summed E-state index contributed by atoms with van der Waals surface area (Å²) < 4.78 is 10.6. The molecule has 1 N–H and O–H groups in total. The number of rotatable bonds is 4. The molecular formula is C13H14N2O2. The topological polar surface area (TPSA) is 47.3 Å². The highest BCUT2D eigenvalue weighted by Gasteiger charge is 2.21. The minimum absolute atomic E-state index is 0.229. The van der Waals surface area contributed by atoms with Crippen LogP contribution in [0.3, 0.4) is 0 Å². The Bertz CT molecular complexity index is 457. The van der Waals surface area contributed by atoms with Gasteiger partial charge in [0.25, 0.3) is 0 Å². The summed E-state index contributed by atoms with van der Waals surface area (Å²) in [6.45, 7) is 1.60. The minimum Gasteiger partial charge on any atom is -0.488 e. The molecule has 4 nitrogen and oxygen atoms in total. The number of benzene rings is 1. The van der Waals surface area contributed by atoms with Gasteiger partial charge in [-0.3, -0.25) is 0 Å². The summed E-state index contributed by atoms with van der Waals surface area (Å²) in [5.74, 6) is 1.02. The zero-order chi connectivity index (χ0) is 11.5. The van der Waals surface area contributed by atoms with E-state index in [0.29, 0.717) is 0 Å². The second-order valence-electron chi connectivity index (χ2n) is 4.22. The van der Waals surface area contributed by atoms with E-state index >= 15 is 0 Å². The lowest BCUT2D eigenvalue weighted by Crippen LogP contribution is -2.29. The molecule has 1 aliphatic heterocycles. The first-order valence-electron chi connectivity index (χ1n) is 5.75. The van der Waals surface area contributed by atoms with Gasteiger partial charge in [-0.1, -0.05) is 23.4 Å². The molecule has 0 amide bonds. The first kappa shape index (κ1) is 10.4. The number of hydrogen-bond donors (Lipinski definition) is 1. The fourth-order valence-electron chi connectivity index (χ4n) is 2.06. The molecular weight excluding hydrogens is 216 g/mol. The van der Waals surface area contributed by atoms with E-state index in [9.17, 15) is 0 Å². The van der Waals surface area contributed by atoms with Crippen LogP contribution in [0.2, 0.25) is 0 Å². The standard InChI is InChI=1S/C13H14N2O2/c1-2-4-13-11(3-1)5-12(17-13)8-14-6-10-7-15-16-9-10/h1-4,7,9,12,14H,5-6,8H2. The van der Waals surface area contributed by atoms with Crippen molar-refractivity contribution in [2.45, 2.75) is 19.1 Å². The number of fused-ring (bicyclic) bond motifs is 1. The van der Waals surface area contributed by atoms with Crippen LogP contribution < -0.4 is 10.1 Å². The van der Waals surface area contributed by atoms with Crippen molar-refractivity contribution in [3.8, 4) is 5.75 Å². The number of para-hydroxylation sites is 1. The summed E-state index contributed by atoms with van der Waals surface area (Å²) in [7, 11) is 0. The second-order valence-corrected chi connectivity index (χ2v) is 4.22. The highest BCUT2D eigenvalue weighted by atomic mass is 16.5. The van der Waals surface area contributed by atoms with E-state index in [0.717, 1.165) is 30.8 Å². The number of hydrogen-bond acceptors (Lipinski definition) is 4. The van der Waals surface area contributed by atoms with Crippen molar-refractivity contribution in [3.63, 3.8) is 0 Å². The predicted molar refractivity (Wildman–Crippen MR) is 62.8 cm³/mol. The Morgan fingerprint density at radius 2 is 2.29 bits per heavy atom. The largest absolute Gasteiger partial charge is 0.488 e. The maximum Gasteiger partial charge on any atom is 0.128 e. The molecule has 4 heteroatoms. The molecule has 2 heterocycles. The number of aromatic nitrogens is 1. The van der Waals surface area contributed by atoms with Crippen LogP contribution in [0.5, 0.6) is 5.75 Å². The minimum atomic E-state index is 0.229. The van der Waals surface area contributed by atoms with Crippen LogP contribution in [-0.4, -0.2) is 17.8 Å². The number of nitrogens with zero attached hydrogens (tertiary/aromatic N) is 1. The molecule has 3 rings (SSSR count). The highest BCUT2D eigenvalue weighted by Crippen LogP contribution is 2.27. The molecule has 1 unspecified atom stereocenters. The Balaban J connectivity index is 1.49. The van der Waals surface area contributed by atoms with Gasteiger partial charge in [-0.2, -0.15) is 0 Å². The molecule has 1 aromatic heterocycles. The first-order chi connectivity index (χ1) is 8.42. The van der Waals surface area contributed by atoms with Gasteiger partial charge in [0.1, 0.15) is 18.1 Å². The molecule has 0 bridgehead atoms. The Labute approximate surface area is 99.6 Å². The van der Waals surface area contributed by atoms with E-state index < -0.39 is 0 Å². The Morgan fingerprint density at radius 1 is 1.35 bits per heavy atom. The third-order valence-electron chi connectivity index (χ3n) is 2.90. The molecule has 88 valence electrons. The van der Waals surface area contributed by atoms with Crippen LogP contribution in [-0.2, 0) is 13.0 Å². The number of nitrogens with one attached hydrogen (secondary N) is 1. The summed E-state index contributed by atoms with van der Waals surface area (Å²) >= 11 is 0. The average Bonchev–Trinajstić information content (AvgIpc) is 2.96. The highest BCUT2D eigenvalue weighted by molar-refractivity contribution is 5.37. The van der Waals surface area contributed by atoms with Gasteiger partial charge >= 0.3 is 0 Å². The average molecular weight is 230 g/mol. The van der Waals surface area contributed by atoms with Crippen LogP contribution in [0.1, 0.15) is 11.1 Å². The molecule has 2 aromatic rings. The second kappa shape index (κ2) is 4.59. The Hall–Kier alpha value is -1.81. The molecule has 0 spiro atoms. The van der Waals surface area contributed by atoms with Crippen molar-refractivity contribution >= 4 is 0 Å². The molecule has 1 atom stereocenters. The van der Waals surface area contributed by atoms with Crippen LogP contribution in [0.15, 0.2) is 41.2 Å². The smallest absolute Gasteiger partial charge is 0.128 e. The van der Waals surface area contributed by atoms with Gasteiger partial charge in [-0.05, 0) is 11.6 Å². The summed E-state index contributed by atoms with van der Waals surface area (Å²) in [6.07, 6.45) is 4.58. The molecule has 0 fully saturated rings. The maximum absolute atomic E-state index is 5.82. The quantitative estimate of drug-likeness (QED) is 0.869. The number of ether oxygens (including phenoxy) is 1. The molecule has 0 saturated heterocycles. The van der Waals surface area contributed by atoms with Crippen molar-refractivity contribution in [1.29, 1.82) is 0 Å². The third kappa shape index (κ3) is 2.31. The van der Waals surface area contributed by atoms with Gasteiger partial charge in [-0.15, -0.1) is 0 Å². The van der Waals surface area contributed by atoms with E-state index in [1.165, 1.54) is 5.56 Å². The predicted octanol–water partition coefficient (Wildman–Crippen LogP) is 1.77. The van der Waals surface area contributed by atoms with Crippen LogP contribution in [0.25, 0.3) is 0 Å². The van der Waals surface area contributed by atoms with Gasteiger partial charge in [0, 0.05) is 25.1 Å². The molecule has 1 aromatic carbocycles. The summed E-state index contributed by atoms with van der Waals surface area (Å²) in [6, 6.07) is 8.20. The monoisotopic (exact) mass is 230 g/mol. The third-order valence-corrected chi connectivity index (χ3v) is 2.90. The van der Waals surface area contributed by atoms with Crippen molar-refractivity contribution < 1.29 is 9.26 Å². The van der Waals surface area contributed by atoms with Gasteiger partial charge in [0.05, 0.1) is 6.20 Å². The Morgan fingerprint density at radius 3 is 3.12 bits per heavy atom. The summed E-state index contributed by atoms with van der Waals surface area (Å²) in [5.41, 5.74) is 2.35. The lowest BCUT2D eigenvalue weighted by atomic mass is 10.1. The molecule has 0 radical (unpaired) electrons. The van der Waals surface area contributed by atoms with E-state index in [1.54, 1.807) is 12.5 Å². The summed E-state index contributed by atoms with van der Waals surface area (Å²) in [4.78, 5) is 0. The molecule has 0 aliphatic carbocycles. The SMILES string of the molecule is c1ccc2c(c1)CC(CNCc1cnoc1)O2. The fourth-order valence-corrected chi connectivity index (χ4v) is 2.06. The van der Waals surface area contributed by atoms with Gasteiger partial charge < -0.3 is 14.6 Å². The van der Waals surface area contributed by atoms with E-state index in [4.69, 9.17) is 9.26 Å². The zero-order valence-corrected chi connectivity index (χ0v) is 9.43. The van der Waals surface area contributed by atoms with Crippen LogP contribution in [0, 0.1) is 0 Å². The van der Waals surface area contributed by atoms with Crippen molar-refractivity contribution in [2.75, 3.05) is 6.54 Å². The van der Waals surface area contributed by atoms with Crippen molar-refractivity contribution in [2.24, 2.45) is 0 Å². The van der Waals surface area contributed by atoms with Crippen LogP contribution in [0.4, 0.5) is 0 Å². The first-order valence-corrected chi connectivity index (χ1v) is 5.75. The zero-order valence-electron chi connectivity index (χ0n) is 9.43. The van der Waals surface area contributed by atoms with Crippen molar-refractivity contribution in [1.82, 2.24) is 10.5 Å². The van der Waals surface area contributed by atoms with Gasteiger partial charge in [0.15, 0.2) is 0 Å². The molecule has 1 aliphatic rings. The molecule has 17 heavy (non-hydrogen) atoms. The fraction of sp³-hybridized carbons (Fsp3) is 0.308. The lowest BCUT2D eigenvalue weighted by molar-refractivity contribution is 0.227. The normalized spacial score (nSPS) is 17.8.